The molecule has 0 saturated heterocycles. The van der Waals surface area contributed by atoms with E-state index in [2.05, 4.69) is 22.3 Å². The Bertz CT molecular complexity index is 679. The molecular formula is C19H22N2O3. The summed E-state index contributed by atoms with van der Waals surface area (Å²) >= 11 is 0. The summed E-state index contributed by atoms with van der Waals surface area (Å²) in [5.74, 6) is -0.319. The Morgan fingerprint density at radius 1 is 0.917 bits per heavy atom. The number of hydrogen-bond donors (Lipinski definition) is 2. The van der Waals surface area contributed by atoms with Gasteiger partial charge >= 0.3 is 5.97 Å². The number of hydrogen-bond acceptors (Lipinski definition) is 4. The molecule has 0 unspecified atom stereocenters. The van der Waals surface area contributed by atoms with E-state index < -0.39 is 0 Å². The second-order valence-electron chi connectivity index (χ2n) is 5.42. The second kappa shape index (κ2) is 8.72. The summed E-state index contributed by atoms with van der Waals surface area (Å²) in [6.07, 6.45) is 2.45. The lowest BCUT2D eigenvalue weighted by atomic mass is 10.2. The Labute approximate surface area is 142 Å². The Morgan fingerprint density at radius 3 is 2.00 bits per heavy atom. The third kappa shape index (κ3) is 5.12. The minimum absolute atomic E-state index is 0.0379. The molecule has 0 saturated carbocycles. The number of rotatable bonds is 7. The Balaban J connectivity index is 1.94. The molecule has 0 radical (unpaired) electrons. The molecule has 2 aromatic rings. The summed E-state index contributed by atoms with van der Waals surface area (Å²) in [5.41, 5.74) is 3.05. The molecule has 0 atom stereocenters. The summed E-state index contributed by atoms with van der Waals surface area (Å²) in [4.78, 5) is 23.1. The summed E-state index contributed by atoms with van der Waals surface area (Å²) < 4.78 is 4.67. The van der Waals surface area contributed by atoms with Crippen molar-refractivity contribution in [1.82, 2.24) is 0 Å². The summed E-state index contributed by atoms with van der Waals surface area (Å²) in [6.45, 7) is 2.06. The third-order valence-electron chi connectivity index (χ3n) is 3.52. The fourth-order valence-electron chi connectivity index (χ4n) is 2.17. The van der Waals surface area contributed by atoms with Crippen LogP contribution in [0.1, 0.15) is 36.5 Å². The SMILES string of the molecule is CCCCC(=O)Nc1ccc(Nc2ccc(C(=O)OC)cc2)cc1. The number of nitrogens with one attached hydrogen (secondary N) is 2. The van der Waals surface area contributed by atoms with Gasteiger partial charge in [-0.05, 0) is 55.0 Å². The molecule has 2 aromatic carbocycles. The minimum Gasteiger partial charge on any atom is -0.465 e. The molecule has 2 rings (SSSR count). The van der Waals surface area contributed by atoms with Gasteiger partial charge in [-0.3, -0.25) is 4.79 Å². The zero-order valence-electron chi connectivity index (χ0n) is 14.0. The molecule has 126 valence electrons. The van der Waals surface area contributed by atoms with Crippen LogP contribution in [0, 0.1) is 0 Å². The predicted molar refractivity (Wildman–Crippen MR) is 95.7 cm³/mol. The minimum atomic E-state index is -0.357. The van der Waals surface area contributed by atoms with E-state index in [0.29, 0.717) is 12.0 Å². The van der Waals surface area contributed by atoms with Crippen LogP contribution < -0.4 is 10.6 Å². The van der Waals surface area contributed by atoms with E-state index in [0.717, 1.165) is 29.9 Å². The highest BCUT2D eigenvalue weighted by atomic mass is 16.5. The predicted octanol–water partition coefficient (Wildman–Crippen LogP) is 4.35. The van der Waals surface area contributed by atoms with Gasteiger partial charge in [-0.25, -0.2) is 4.79 Å². The maximum absolute atomic E-state index is 11.7. The Hall–Kier alpha value is -2.82. The van der Waals surface area contributed by atoms with E-state index in [1.54, 1.807) is 12.1 Å². The largest absolute Gasteiger partial charge is 0.465 e. The Kier molecular flexibility index (Phi) is 6.37. The molecule has 24 heavy (non-hydrogen) atoms. The van der Waals surface area contributed by atoms with Crippen LogP contribution in [0.2, 0.25) is 0 Å². The number of ether oxygens (including phenoxy) is 1. The van der Waals surface area contributed by atoms with Crippen molar-refractivity contribution in [3.8, 4) is 0 Å². The van der Waals surface area contributed by atoms with Gasteiger partial charge in [0.05, 0.1) is 12.7 Å². The topological polar surface area (TPSA) is 67.4 Å². The average molecular weight is 326 g/mol. The first-order valence-electron chi connectivity index (χ1n) is 7.97. The normalized spacial score (nSPS) is 10.1. The van der Waals surface area contributed by atoms with Crippen molar-refractivity contribution in [2.24, 2.45) is 0 Å². The molecule has 0 aromatic heterocycles. The molecule has 0 aliphatic rings. The van der Waals surface area contributed by atoms with Gasteiger partial charge in [0.25, 0.3) is 0 Å². The van der Waals surface area contributed by atoms with Crippen LogP contribution >= 0.6 is 0 Å². The van der Waals surface area contributed by atoms with E-state index in [1.807, 2.05) is 36.4 Å². The highest BCUT2D eigenvalue weighted by Gasteiger charge is 2.05. The van der Waals surface area contributed by atoms with E-state index in [4.69, 9.17) is 0 Å². The number of amides is 1. The molecule has 0 bridgehead atoms. The highest BCUT2D eigenvalue weighted by molar-refractivity contribution is 5.91. The van der Waals surface area contributed by atoms with Crippen molar-refractivity contribution in [1.29, 1.82) is 0 Å². The number of carbonyl (C=O) groups excluding carboxylic acids is 2. The zero-order chi connectivity index (χ0) is 17.4. The van der Waals surface area contributed by atoms with Gasteiger partial charge in [-0.1, -0.05) is 13.3 Å². The molecule has 5 heteroatoms. The maximum atomic E-state index is 11.7. The molecule has 1 amide bonds. The van der Waals surface area contributed by atoms with Gasteiger partial charge in [0.2, 0.25) is 5.91 Å². The van der Waals surface area contributed by atoms with E-state index in [1.165, 1.54) is 7.11 Å². The van der Waals surface area contributed by atoms with E-state index in [9.17, 15) is 9.59 Å². The fraction of sp³-hybridized carbons (Fsp3) is 0.263. The molecule has 5 nitrogen and oxygen atoms in total. The van der Waals surface area contributed by atoms with Gasteiger partial charge in [-0.2, -0.15) is 0 Å². The number of methoxy groups -OCH3 is 1. The van der Waals surface area contributed by atoms with Crippen LogP contribution in [0.4, 0.5) is 17.1 Å². The second-order valence-corrected chi connectivity index (χ2v) is 5.42. The van der Waals surface area contributed by atoms with E-state index in [-0.39, 0.29) is 11.9 Å². The van der Waals surface area contributed by atoms with Gasteiger partial charge in [0.15, 0.2) is 0 Å². The van der Waals surface area contributed by atoms with Crippen LogP contribution in [0.15, 0.2) is 48.5 Å². The van der Waals surface area contributed by atoms with Gasteiger partial charge in [0, 0.05) is 23.5 Å². The lowest BCUT2D eigenvalue weighted by Crippen LogP contribution is -2.10. The first-order valence-corrected chi connectivity index (χ1v) is 7.97. The van der Waals surface area contributed by atoms with Crippen molar-refractivity contribution in [2.75, 3.05) is 17.7 Å². The molecule has 2 N–H and O–H groups in total. The molecule has 0 fully saturated rings. The first-order chi connectivity index (χ1) is 11.6. The van der Waals surface area contributed by atoms with Crippen LogP contribution in [0.5, 0.6) is 0 Å². The summed E-state index contributed by atoms with van der Waals surface area (Å²) in [7, 11) is 1.36. The van der Waals surface area contributed by atoms with Crippen LogP contribution in [0.3, 0.4) is 0 Å². The van der Waals surface area contributed by atoms with Crippen LogP contribution in [0.25, 0.3) is 0 Å². The number of esters is 1. The molecular weight excluding hydrogens is 304 g/mol. The Morgan fingerprint density at radius 2 is 1.46 bits per heavy atom. The number of unbranched alkanes of at least 4 members (excludes halogenated alkanes) is 1. The van der Waals surface area contributed by atoms with Gasteiger partial charge in [0.1, 0.15) is 0 Å². The quantitative estimate of drug-likeness (QED) is 0.743. The highest BCUT2D eigenvalue weighted by Crippen LogP contribution is 2.20. The van der Waals surface area contributed by atoms with E-state index >= 15 is 0 Å². The summed E-state index contributed by atoms with van der Waals surface area (Å²) in [5, 5.41) is 6.11. The molecule has 0 aliphatic carbocycles. The van der Waals surface area contributed by atoms with Gasteiger partial charge in [-0.15, -0.1) is 0 Å². The molecule has 0 aliphatic heterocycles. The van der Waals surface area contributed by atoms with Crippen molar-refractivity contribution in [2.45, 2.75) is 26.2 Å². The monoisotopic (exact) mass is 326 g/mol. The molecule has 0 spiro atoms. The lowest BCUT2D eigenvalue weighted by Gasteiger charge is -2.09. The van der Waals surface area contributed by atoms with Gasteiger partial charge < -0.3 is 15.4 Å². The van der Waals surface area contributed by atoms with Crippen molar-refractivity contribution < 1.29 is 14.3 Å². The number of carbonyl (C=O) groups is 2. The van der Waals surface area contributed by atoms with Crippen molar-refractivity contribution in [3.05, 3.63) is 54.1 Å². The standard InChI is InChI=1S/C19H22N2O3/c1-3-4-5-18(22)21-17-12-10-16(11-13-17)20-15-8-6-14(7-9-15)19(23)24-2/h6-13,20H,3-5H2,1-2H3,(H,21,22). The van der Waals surface area contributed by atoms with Crippen molar-refractivity contribution in [3.63, 3.8) is 0 Å². The number of benzene rings is 2. The molecule has 0 heterocycles. The fourth-order valence-corrected chi connectivity index (χ4v) is 2.17. The van der Waals surface area contributed by atoms with Crippen LogP contribution in [-0.2, 0) is 9.53 Å². The smallest absolute Gasteiger partial charge is 0.337 e. The summed E-state index contributed by atoms with van der Waals surface area (Å²) in [6, 6.07) is 14.5. The van der Waals surface area contributed by atoms with Crippen LogP contribution in [-0.4, -0.2) is 19.0 Å². The average Bonchev–Trinajstić information content (AvgIpc) is 2.61. The number of anilines is 3. The first kappa shape index (κ1) is 17.5. The third-order valence-corrected chi connectivity index (χ3v) is 3.52. The zero-order valence-corrected chi connectivity index (χ0v) is 14.0. The maximum Gasteiger partial charge on any atom is 0.337 e. The lowest BCUT2D eigenvalue weighted by molar-refractivity contribution is -0.116. The van der Waals surface area contributed by atoms with Crippen molar-refractivity contribution >= 4 is 28.9 Å².